The van der Waals surface area contributed by atoms with Gasteiger partial charge in [0, 0.05) is 17.9 Å². The van der Waals surface area contributed by atoms with E-state index in [4.69, 9.17) is 4.74 Å². The van der Waals surface area contributed by atoms with Gasteiger partial charge in [0.25, 0.3) is 0 Å². The number of rotatable bonds is 12. The highest BCUT2D eigenvalue weighted by atomic mass is 32.2. The molecule has 4 aromatic carbocycles. The van der Waals surface area contributed by atoms with Crippen LogP contribution in [-0.2, 0) is 14.3 Å². The Bertz CT molecular complexity index is 1250. The molecule has 2 N–H and O–H groups in total. The van der Waals surface area contributed by atoms with E-state index in [1.54, 1.807) is 30.8 Å². The molecule has 0 radical (unpaired) electrons. The summed E-state index contributed by atoms with van der Waals surface area (Å²) in [6, 6.07) is 35.9. The minimum absolute atomic E-state index is 0.135. The third kappa shape index (κ3) is 6.52. The Morgan fingerprint density at radius 2 is 1.32 bits per heavy atom. The fourth-order valence-electron chi connectivity index (χ4n) is 4.36. The lowest BCUT2D eigenvalue weighted by atomic mass is 9.84. The number of carbonyl (C=O) groups is 2. The van der Waals surface area contributed by atoms with Crippen LogP contribution >= 0.6 is 11.8 Å². The maximum absolute atomic E-state index is 12.4. The lowest BCUT2D eigenvalue weighted by Gasteiger charge is -2.35. The molecule has 1 amide bonds. The fraction of sp³-hybridized carbons (Fsp3) is 0.188. The average molecular weight is 526 g/mol. The van der Waals surface area contributed by atoms with Crippen LogP contribution in [0.2, 0.25) is 0 Å². The number of aryl methyl sites for hydroxylation is 1. The quantitative estimate of drug-likeness (QED) is 0.140. The molecule has 0 atom stereocenters. The van der Waals surface area contributed by atoms with Gasteiger partial charge in [-0.3, -0.25) is 9.59 Å². The number of hydrogen-bond acceptors (Lipinski definition) is 5. The van der Waals surface area contributed by atoms with E-state index in [1.165, 1.54) is 22.8 Å². The number of aromatic hydroxyl groups is 1. The molecule has 5 nitrogen and oxygen atoms in total. The summed E-state index contributed by atoms with van der Waals surface area (Å²) in [4.78, 5) is 24.7. The normalized spacial score (nSPS) is 11.2. The van der Waals surface area contributed by atoms with Gasteiger partial charge in [0.2, 0.25) is 5.91 Å². The maximum Gasteiger partial charge on any atom is 0.246 e. The summed E-state index contributed by atoms with van der Waals surface area (Å²) in [5.41, 5.74) is 4.56. The van der Waals surface area contributed by atoms with E-state index in [-0.39, 0.29) is 30.7 Å². The second-order valence-electron chi connectivity index (χ2n) is 8.89. The molecule has 0 aliphatic rings. The van der Waals surface area contributed by atoms with E-state index in [1.807, 2.05) is 18.2 Å². The molecule has 0 saturated carbocycles. The van der Waals surface area contributed by atoms with Crippen molar-refractivity contribution in [3.8, 4) is 5.75 Å². The third-order valence-corrected chi connectivity index (χ3v) is 7.82. The molecular weight excluding hydrogens is 494 g/mol. The molecule has 0 bridgehead atoms. The topological polar surface area (TPSA) is 75.6 Å². The Morgan fingerprint density at radius 1 is 0.789 bits per heavy atom. The number of carbonyl (C=O) groups excluding carboxylic acids is 2. The van der Waals surface area contributed by atoms with E-state index in [2.05, 4.69) is 78.1 Å². The first-order valence-corrected chi connectivity index (χ1v) is 13.5. The zero-order valence-corrected chi connectivity index (χ0v) is 22.1. The first-order chi connectivity index (χ1) is 18.5. The minimum Gasteiger partial charge on any atom is -0.508 e. The number of nitrogens with one attached hydrogen (secondary N) is 1. The van der Waals surface area contributed by atoms with Crippen LogP contribution in [0.4, 0.5) is 0 Å². The molecule has 194 valence electrons. The number of Topliss-reactive ketones (excluding diaryl/α,β-unsaturated/α-hetero) is 1. The van der Waals surface area contributed by atoms with Crippen LogP contribution in [0.15, 0.2) is 109 Å². The summed E-state index contributed by atoms with van der Waals surface area (Å²) in [5, 5.41) is 12.5. The third-order valence-electron chi connectivity index (χ3n) is 6.27. The van der Waals surface area contributed by atoms with Crippen molar-refractivity contribution in [2.45, 2.75) is 11.7 Å². The molecule has 4 aromatic rings. The smallest absolute Gasteiger partial charge is 0.246 e. The van der Waals surface area contributed by atoms with Crippen LogP contribution in [-0.4, -0.2) is 42.3 Å². The van der Waals surface area contributed by atoms with Crippen molar-refractivity contribution in [3.63, 3.8) is 0 Å². The van der Waals surface area contributed by atoms with Gasteiger partial charge in [0.1, 0.15) is 19.0 Å². The van der Waals surface area contributed by atoms with E-state index in [0.29, 0.717) is 23.4 Å². The highest BCUT2D eigenvalue weighted by Gasteiger charge is 2.36. The van der Waals surface area contributed by atoms with Gasteiger partial charge in [-0.15, -0.1) is 11.8 Å². The van der Waals surface area contributed by atoms with Crippen LogP contribution in [0, 0.1) is 6.92 Å². The Labute approximate surface area is 227 Å². The SMILES string of the molecule is Cc1cc(C(=O)COCC(=O)NCCSC(c2ccccc2)(c2ccccc2)c2ccccc2)ccc1O. The number of thioether (sulfide) groups is 1. The van der Waals surface area contributed by atoms with Crippen LogP contribution in [0.5, 0.6) is 5.75 Å². The molecule has 0 aliphatic heterocycles. The largest absolute Gasteiger partial charge is 0.508 e. The van der Waals surface area contributed by atoms with E-state index < -0.39 is 4.75 Å². The molecule has 0 unspecified atom stereocenters. The lowest BCUT2D eigenvalue weighted by molar-refractivity contribution is -0.125. The Kier molecular flexibility index (Phi) is 9.35. The zero-order chi connectivity index (χ0) is 26.8. The number of ether oxygens (including phenoxy) is 1. The summed E-state index contributed by atoms with van der Waals surface area (Å²) in [6.45, 7) is 1.77. The van der Waals surface area contributed by atoms with Crippen LogP contribution in [0.3, 0.4) is 0 Å². The van der Waals surface area contributed by atoms with Crippen molar-refractivity contribution in [3.05, 3.63) is 137 Å². The molecule has 38 heavy (non-hydrogen) atoms. The van der Waals surface area contributed by atoms with Gasteiger partial charge in [-0.2, -0.15) is 0 Å². The van der Waals surface area contributed by atoms with Crippen molar-refractivity contribution < 1.29 is 19.4 Å². The average Bonchev–Trinajstić information content (AvgIpc) is 2.96. The predicted octanol–water partition coefficient (Wildman–Crippen LogP) is 5.74. The summed E-state index contributed by atoms with van der Waals surface area (Å²) in [5.74, 6) is 0.284. The van der Waals surface area contributed by atoms with Gasteiger partial charge in [-0.25, -0.2) is 0 Å². The van der Waals surface area contributed by atoms with Gasteiger partial charge >= 0.3 is 0 Å². The Hall–Kier alpha value is -3.87. The zero-order valence-electron chi connectivity index (χ0n) is 21.3. The van der Waals surface area contributed by atoms with Gasteiger partial charge in [-0.05, 0) is 47.4 Å². The number of amides is 1. The summed E-state index contributed by atoms with van der Waals surface area (Å²) in [6.07, 6.45) is 0. The molecule has 4 rings (SSSR count). The van der Waals surface area contributed by atoms with E-state index in [0.717, 1.165) is 0 Å². The molecule has 0 spiro atoms. The van der Waals surface area contributed by atoms with Crippen molar-refractivity contribution >= 4 is 23.5 Å². The summed E-state index contributed by atoms with van der Waals surface area (Å²) in [7, 11) is 0. The Balaban J connectivity index is 1.38. The summed E-state index contributed by atoms with van der Waals surface area (Å²) < 4.78 is 4.91. The van der Waals surface area contributed by atoms with Gasteiger partial charge in [0.05, 0.1) is 4.75 Å². The first-order valence-electron chi connectivity index (χ1n) is 12.5. The number of hydrogen-bond donors (Lipinski definition) is 2. The van der Waals surface area contributed by atoms with Gasteiger partial charge < -0.3 is 15.2 Å². The van der Waals surface area contributed by atoms with Crippen LogP contribution in [0.25, 0.3) is 0 Å². The molecular formula is C32H31NO4S. The number of benzene rings is 4. The molecule has 6 heteroatoms. The highest BCUT2D eigenvalue weighted by molar-refractivity contribution is 8.00. The second kappa shape index (κ2) is 13.1. The van der Waals surface area contributed by atoms with Crippen molar-refractivity contribution in [2.75, 3.05) is 25.5 Å². The van der Waals surface area contributed by atoms with Gasteiger partial charge in [0.15, 0.2) is 5.78 Å². The first kappa shape index (κ1) is 27.2. The highest BCUT2D eigenvalue weighted by Crippen LogP contribution is 2.48. The second-order valence-corrected chi connectivity index (χ2v) is 10.2. The van der Waals surface area contributed by atoms with Crippen LogP contribution in [0.1, 0.15) is 32.6 Å². The molecule has 0 aromatic heterocycles. The van der Waals surface area contributed by atoms with Crippen molar-refractivity contribution in [2.24, 2.45) is 0 Å². The van der Waals surface area contributed by atoms with Gasteiger partial charge in [-0.1, -0.05) is 91.0 Å². The maximum atomic E-state index is 12.4. The molecule has 0 saturated heterocycles. The summed E-state index contributed by atoms with van der Waals surface area (Å²) >= 11 is 1.77. The van der Waals surface area contributed by atoms with Crippen LogP contribution < -0.4 is 5.32 Å². The Morgan fingerprint density at radius 3 is 1.82 bits per heavy atom. The standard InChI is InChI=1S/C32H31NO4S/c1-24-21-25(17-18-29(24)34)30(35)22-37-23-31(36)33-19-20-38-32(26-11-5-2-6-12-26,27-13-7-3-8-14-27)28-15-9-4-10-16-28/h2-18,21,34H,19-20,22-23H2,1H3,(H,33,36). The lowest BCUT2D eigenvalue weighted by Crippen LogP contribution is -2.32. The van der Waals surface area contributed by atoms with E-state index >= 15 is 0 Å². The van der Waals surface area contributed by atoms with E-state index in [9.17, 15) is 14.7 Å². The van der Waals surface area contributed by atoms with Crippen molar-refractivity contribution in [1.29, 1.82) is 0 Å². The molecule has 0 aliphatic carbocycles. The monoisotopic (exact) mass is 525 g/mol. The number of phenols is 1. The molecule has 0 heterocycles. The number of phenolic OH excluding ortho intramolecular Hbond substituents is 1. The predicted molar refractivity (Wildman–Crippen MR) is 153 cm³/mol. The van der Waals surface area contributed by atoms with Crippen molar-refractivity contribution in [1.82, 2.24) is 5.32 Å². The molecule has 0 fully saturated rings. The fourth-order valence-corrected chi connectivity index (χ4v) is 5.78. The number of ketones is 1. The minimum atomic E-state index is -0.445.